The minimum Gasteiger partial charge on any atom is -0.382 e. The van der Waals surface area contributed by atoms with E-state index in [0.29, 0.717) is 26.2 Å². The topological polar surface area (TPSA) is 35.5 Å². The average Bonchev–Trinajstić information content (AvgIpc) is 2.64. The molecule has 0 bridgehead atoms. The molecule has 0 N–H and O–H groups in total. The summed E-state index contributed by atoms with van der Waals surface area (Å²) in [5, 5.41) is 1.94. The van der Waals surface area contributed by atoms with E-state index in [1.807, 2.05) is 18.4 Å². The van der Waals surface area contributed by atoms with Crippen molar-refractivity contribution in [3.63, 3.8) is 0 Å². The smallest absolute Gasteiger partial charge is 0.175 e. The van der Waals surface area contributed by atoms with Gasteiger partial charge in [-0.25, -0.2) is 0 Å². The van der Waals surface area contributed by atoms with Gasteiger partial charge < -0.3 is 9.47 Å². The second kappa shape index (κ2) is 6.71. The lowest BCUT2D eigenvalue weighted by Gasteiger charge is -2.02. The molecule has 0 radical (unpaired) electrons. The number of carbonyl (C=O) groups is 1. The van der Waals surface area contributed by atoms with Gasteiger partial charge in [0.1, 0.15) is 0 Å². The Kier molecular flexibility index (Phi) is 5.53. The minimum atomic E-state index is 0.167. The van der Waals surface area contributed by atoms with Crippen LogP contribution in [0.4, 0.5) is 0 Å². The first-order valence-electron chi connectivity index (χ1n) is 4.89. The van der Waals surface area contributed by atoms with Crippen molar-refractivity contribution in [3.05, 3.63) is 21.9 Å². The van der Waals surface area contributed by atoms with Crippen LogP contribution in [0, 0.1) is 6.92 Å². The maximum Gasteiger partial charge on any atom is 0.175 e. The van der Waals surface area contributed by atoms with E-state index < -0.39 is 0 Å². The molecule has 0 aliphatic heterocycles. The monoisotopic (exact) mass is 228 g/mol. The van der Waals surface area contributed by atoms with Crippen LogP contribution in [-0.2, 0) is 9.47 Å². The minimum absolute atomic E-state index is 0.167. The lowest BCUT2D eigenvalue weighted by Crippen LogP contribution is -2.07. The first-order valence-corrected chi connectivity index (χ1v) is 5.77. The van der Waals surface area contributed by atoms with Crippen molar-refractivity contribution in [1.82, 2.24) is 0 Å². The summed E-state index contributed by atoms with van der Waals surface area (Å²) in [4.78, 5) is 12.5. The molecular formula is C11H16O3S. The summed E-state index contributed by atoms with van der Waals surface area (Å²) < 4.78 is 10.1. The molecule has 0 spiro atoms. The summed E-state index contributed by atoms with van der Waals surface area (Å²) in [5.74, 6) is 0.167. The van der Waals surface area contributed by atoms with Gasteiger partial charge in [0.15, 0.2) is 5.78 Å². The van der Waals surface area contributed by atoms with Crippen LogP contribution in [0.5, 0.6) is 0 Å². The van der Waals surface area contributed by atoms with E-state index >= 15 is 0 Å². The highest BCUT2D eigenvalue weighted by molar-refractivity contribution is 7.12. The van der Waals surface area contributed by atoms with Crippen LogP contribution in [0.3, 0.4) is 0 Å². The molecule has 0 aliphatic carbocycles. The molecule has 4 heteroatoms. The van der Waals surface area contributed by atoms with Gasteiger partial charge >= 0.3 is 0 Å². The lowest BCUT2D eigenvalue weighted by atomic mass is 10.2. The molecule has 1 rings (SSSR count). The molecule has 0 unspecified atom stereocenters. The molecule has 0 saturated carbocycles. The first-order chi connectivity index (χ1) is 7.25. The van der Waals surface area contributed by atoms with Crippen LogP contribution in [0.2, 0.25) is 0 Å². The number of rotatable bonds is 7. The Balaban J connectivity index is 2.22. The molecular weight excluding hydrogens is 212 g/mol. The zero-order valence-corrected chi connectivity index (χ0v) is 9.93. The summed E-state index contributed by atoms with van der Waals surface area (Å²) in [6.07, 6.45) is 0.449. The van der Waals surface area contributed by atoms with Gasteiger partial charge in [-0.15, -0.1) is 11.3 Å². The quantitative estimate of drug-likeness (QED) is 0.530. The zero-order valence-electron chi connectivity index (χ0n) is 9.12. The SMILES string of the molecule is COCCOCCC(=O)c1sccc1C. The molecule has 1 aromatic heterocycles. The summed E-state index contributed by atoms with van der Waals surface area (Å²) in [6, 6.07) is 1.96. The van der Waals surface area contributed by atoms with Crippen molar-refractivity contribution in [2.24, 2.45) is 0 Å². The van der Waals surface area contributed by atoms with Crippen molar-refractivity contribution in [2.75, 3.05) is 26.9 Å². The largest absolute Gasteiger partial charge is 0.382 e. The molecule has 84 valence electrons. The van der Waals surface area contributed by atoms with E-state index in [9.17, 15) is 4.79 Å². The van der Waals surface area contributed by atoms with Crippen molar-refractivity contribution < 1.29 is 14.3 Å². The van der Waals surface area contributed by atoms with E-state index in [2.05, 4.69) is 0 Å². The number of hydrogen-bond acceptors (Lipinski definition) is 4. The molecule has 0 aliphatic rings. The van der Waals surface area contributed by atoms with Crippen molar-refractivity contribution >= 4 is 17.1 Å². The van der Waals surface area contributed by atoms with Crippen LogP contribution >= 0.6 is 11.3 Å². The second-order valence-electron chi connectivity index (χ2n) is 3.21. The molecule has 1 aromatic rings. The number of thiophene rings is 1. The number of ether oxygens (including phenoxy) is 2. The van der Waals surface area contributed by atoms with E-state index in [-0.39, 0.29) is 5.78 Å². The van der Waals surface area contributed by atoms with Gasteiger partial charge in [-0.2, -0.15) is 0 Å². The summed E-state index contributed by atoms with van der Waals surface area (Å²) in [6.45, 7) is 3.55. The van der Waals surface area contributed by atoms with Crippen LogP contribution in [0.25, 0.3) is 0 Å². The Morgan fingerprint density at radius 1 is 1.40 bits per heavy atom. The highest BCUT2D eigenvalue weighted by atomic mass is 32.1. The van der Waals surface area contributed by atoms with Gasteiger partial charge in [-0.05, 0) is 23.9 Å². The van der Waals surface area contributed by atoms with Crippen LogP contribution in [0.15, 0.2) is 11.4 Å². The Hall–Kier alpha value is -0.710. The summed E-state index contributed by atoms with van der Waals surface area (Å²) in [7, 11) is 1.63. The van der Waals surface area contributed by atoms with Gasteiger partial charge in [0.05, 0.1) is 24.7 Å². The molecule has 3 nitrogen and oxygen atoms in total. The van der Waals surface area contributed by atoms with Gasteiger partial charge in [-0.1, -0.05) is 0 Å². The standard InChI is InChI=1S/C11H16O3S/c1-9-4-8-15-11(9)10(12)3-5-14-7-6-13-2/h4,8H,3,5-7H2,1-2H3. The number of carbonyl (C=O) groups excluding carboxylic acids is 1. The predicted molar refractivity (Wildman–Crippen MR) is 60.7 cm³/mol. The fourth-order valence-electron chi connectivity index (χ4n) is 1.18. The van der Waals surface area contributed by atoms with E-state index in [1.54, 1.807) is 7.11 Å². The number of ketones is 1. The summed E-state index contributed by atoms with van der Waals surface area (Å²) in [5.41, 5.74) is 1.06. The third kappa shape index (κ3) is 4.11. The van der Waals surface area contributed by atoms with Gasteiger partial charge in [0, 0.05) is 13.5 Å². The molecule has 0 amide bonds. The maximum absolute atomic E-state index is 11.7. The van der Waals surface area contributed by atoms with Gasteiger partial charge in [-0.3, -0.25) is 4.79 Å². The van der Waals surface area contributed by atoms with E-state index in [4.69, 9.17) is 9.47 Å². The first kappa shape index (κ1) is 12.4. The molecule has 0 fully saturated rings. The van der Waals surface area contributed by atoms with E-state index in [0.717, 1.165) is 10.4 Å². The van der Waals surface area contributed by atoms with Crippen molar-refractivity contribution in [3.8, 4) is 0 Å². The number of Topliss-reactive ketones (excluding diaryl/α,β-unsaturated/α-hetero) is 1. The Bertz CT molecular complexity index is 307. The fourth-order valence-corrected chi connectivity index (χ4v) is 2.08. The van der Waals surface area contributed by atoms with Gasteiger partial charge in [0.25, 0.3) is 0 Å². The Morgan fingerprint density at radius 3 is 2.80 bits per heavy atom. The van der Waals surface area contributed by atoms with Crippen molar-refractivity contribution in [2.45, 2.75) is 13.3 Å². The fraction of sp³-hybridized carbons (Fsp3) is 0.545. The van der Waals surface area contributed by atoms with Gasteiger partial charge in [0.2, 0.25) is 0 Å². The third-order valence-electron chi connectivity index (χ3n) is 2.02. The average molecular weight is 228 g/mol. The highest BCUT2D eigenvalue weighted by Gasteiger charge is 2.09. The number of hydrogen-bond donors (Lipinski definition) is 0. The highest BCUT2D eigenvalue weighted by Crippen LogP contribution is 2.17. The van der Waals surface area contributed by atoms with Crippen LogP contribution in [-0.4, -0.2) is 32.7 Å². The lowest BCUT2D eigenvalue weighted by molar-refractivity contribution is 0.0642. The normalized spacial score (nSPS) is 10.5. The molecule has 15 heavy (non-hydrogen) atoms. The summed E-state index contributed by atoms with van der Waals surface area (Å²) >= 11 is 1.50. The number of methoxy groups -OCH3 is 1. The predicted octanol–water partition coefficient (Wildman–Crippen LogP) is 2.29. The third-order valence-corrected chi connectivity index (χ3v) is 3.08. The molecule has 0 saturated heterocycles. The second-order valence-corrected chi connectivity index (χ2v) is 4.13. The molecule has 0 atom stereocenters. The van der Waals surface area contributed by atoms with Crippen molar-refractivity contribution in [1.29, 1.82) is 0 Å². The van der Waals surface area contributed by atoms with Crippen LogP contribution < -0.4 is 0 Å². The maximum atomic E-state index is 11.7. The Morgan fingerprint density at radius 2 is 2.20 bits per heavy atom. The number of aryl methyl sites for hydroxylation is 1. The van der Waals surface area contributed by atoms with E-state index in [1.165, 1.54) is 11.3 Å². The zero-order chi connectivity index (χ0) is 11.1. The Labute approximate surface area is 94.0 Å². The molecule has 0 aromatic carbocycles. The molecule has 1 heterocycles. The van der Waals surface area contributed by atoms with Crippen LogP contribution in [0.1, 0.15) is 21.7 Å².